The second-order valence-corrected chi connectivity index (χ2v) is 5.06. The van der Waals surface area contributed by atoms with Gasteiger partial charge in [-0.15, -0.1) is 0 Å². The molecular weight excluding hydrogens is 256 g/mol. The predicted molar refractivity (Wildman–Crippen MR) is 73.0 cm³/mol. The molecule has 3 rings (SSSR count). The molecule has 0 fully saturated rings. The highest BCUT2D eigenvalue weighted by Crippen LogP contribution is 2.36. The fourth-order valence-corrected chi connectivity index (χ4v) is 2.51. The first-order valence-electron chi connectivity index (χ1n) is 6.46. The van der Waals surface area contributed by atoms with Crippen molar-refractivity contribution in [2.75, 3.05) is 0 Å². The molecular formula is C16H14O4. The highest BCUT2D eigenvalue weighted by Gasteiger charge is 2.32. The summed E-state index contributed by atoms with van der Waals surface area (Å²) in [5, 5.41) is 0. The summed E-state index contributed by atoms with van der Waals surface area (Å²) < 4.78 is 10.3. The highest BCUT2D eigenvalue weighted by atomic mass is 16.5. The Kier molecular flexibility index (Phi) is 2.93. The zero-order valence-corrected chi connectivity index (χ0v) is 11.3. The lowest BCUT2D eigenvalue weighted by Crippen LogP contribution is -2.26. The average Bonchev–Trinajstić information content (AvgIpc) is 2.37. The molecule has 2 heterocycles. The van der Waals surface area contributed by atoms with Gasteiger partial charge in [-0.3, -0.25) is 4.79 Å². The van der Waals surface area contributed by atoms with Gasteiger partial charge in [0.25, 0.3) is 0 Å². The second-order valence-electron chi connectivity index (χ2n) is 5.06. The number of fused-ring (bicyclic) bond motifs is 1. The van der Waals surface area contributed by atoms with Crippen molar-refractivity contribution in [2.45, 2.75) is 26.2 Å². The molecule has 1 aliphatic heterocycles. The SMILES string of the molecule is Cc1ccc(C2CC(=O)Oc3cc(C)oc(=O)c32)cc1. The lowest BCUT2D eigenvalue weighted by atomic mass is 9.87. The van der Waals surface area contributed by atoms with Crippen molar-refractivity contribution in [1.82, 2.24) is 0 Å². The van der Waals surface area contributed by atoms with E-state index in [0.717, 1.165) is 11.1 Å². The molecule has 0 amide bonds. The van der Waals surface area contributed by atoms with E-state index >= 15 is 0 Å². The number of aryl methyl sites for hydroxylation is 2. The maximum absolute atomic E-state index is 12.1. The van der Waals surface area contributed by atoms with Gasteiger partial charge in [-0.1, -0.05) is 29.8 Å². The van der Waals surface area contributed by atoms with E-state index in [1.54, 1.807) is 13.0 Å². The Bertz CT molecular complexity index is 725. The van der Waals surface area contributed by atoms with E-state index in [9.17, 15) is 9.59 Å². The van der Waals surface area contributed by atoms with E-state index in [4.69, 9.17) is 9.15 Å². The van der Waals surface area contributed by atoms with Crippen molar-refractivity contribution in [3.63, 3.8) is 0 Å². The zero-order chi connectivity index (χ0) is 14.3. The molecule has 2 aromatic rings. The number of hydrogen-bond acceptors (Lipinski definition) is 4. The van der Waals surface area contributed by atoms with Gasteiger partial charge in [0.2, 0.25) is 0 Å². The Balaban J connectivity index is 2.17. The van der Waals surface area contributed by atoms with Crippen LogP contribution >= 0.6 is 0 Å². The molecule has 0 saturated carbocycles. The molecule has 102 valence electrons. The molecule has 0 N–H and O–H groups in total. The van der Waals surface area contributed by atoms with E-state index in [-0.39, 0.29) is 18.3 Å². The molecule has 1 aliphatic rings. The first-order chi connectivity index (χ1) is 9.54. The Morgan fingerprint density at radius 1 is 1.10 bits per heavy atom. The predicted octanol–water partition coefficient (Wildman–Crippen LogP) is 2.70. The van der Waals surface area contributed by atoms with Gasteiger partial charge in [0.15, 0.2) is 0 Å². The van der Waals surface area contributed by atoms with Gasteiger partial charge in [0.05, 0.1) is 12.0 Å². The van der Waals surface area contributed by atoms with Gasteiger partial charge in [0.1, 0.15) is 11.5 Å². The van der Waals surface area contributed by atoms with Crippen LogP contribution in [0.25, 0.3) is 0 Å². The number of rotatable bonds is 1. The second kappa shape index (κ2) is 4.63. The number of hydrogen-bond donors (Lipinski definition) is 0. The summed E-state index contributed by atoms with van der Waals surface area (Å²) in [7, 11) is 0. The minimum Gasteiger partial charge on any atom is -0.428 e. The highest BCUT2D eigenvalue weighted by molar-refractivity contribution is 5.77. The molecule has 20 heavy (non-hydrogen) atoms. The Morgan fingerprint density at radius 2 is 1.80 bits per heavy atom. The molecule has 1 unspecified atom stereocenters. The van der Waals surface area contributed by atoms with E-state index in [1.807, 2.05) is 31.2 Å². The van der Waals surface area contributed by atoms with Crippen molar-refractivity contribution in [3.05, 3.63) is 63.2 Å². The van der Waals surface area contributed by atoms with Gasteiger partial charge in [-0.2, -0.15) is 0 Å². The summed E-state index contributed by atoms with van der Waals surface area (Å²) in [5.74, 6) is 0.128. The van der Waals surface area contributed by atoms with Crippen LogP contribution in [-0.4, -0.2) is 5.97 Å². The van der Waals surface area contributed by atoms with E-state index in [1.165, 1.54) is 0 Å². The van der Waals surface area contributed by atoms with E-state index in [2.05, 4.69) is 0 Å². The van der Waals surface area contributed by atoms with Crippen LogP contribution in [0.15, 0.2) is 39.5 Å². The largest absolute Gasteiger partial charge is 0.428 e. The van der Waals surface area contributed by atoms with E-state index < -0.39 is 5.63 Å². The molecule has 4 heteroatoms. The number of benzene rings is 1. The lowest BCUT2D eigenvalue weighted by Gasteiger charge is -2.23. The van der Waals surface area contributed by atoms with Crippen LogP contribution in [0.1, 0.15) is 34.8 Å². The molecule has 0 radical (unpaired) electrons. The third kappa shape index (κ3) is 2.13. The smallest absolute Gasteiger partial charge is 0.343 e. The molecule has 1 atom stereocenters. The van der Waals surface area contributed by atoms with Crippen molar-refractivity contribution < 1.29 is 13.9 Å². The summed E-state index contributed by atoms with van der Waals surface area (Å²) in [6, 6.07) is 9.38. The monoisotopic (exact) mass is 270 g/mol. The third-order valence-corrected chi connectivity index (χ3v) is 3.50. The normalized spacial score (nSPS) is 17.5. The van der Waals surface area contributed by atoms with Crippen molar-refractivity contribution in [2.24, 2.45) is 0 Å². The number of ether oxygens (including phenoxy) is 1. The van der Waals surface area contributed by atoms with Crippen LogP contribution < -0.4 is 10.4 Å². The van der Waals surface area contributed by atoms with Crippen LogP contribution in [-0.2, 0) is 4.79 Å². The third-order valence-electron chi connectivity index (χ3n) is 3.50. The van der Waals surface area contributed by atoms with Crippen molar-refractivity contribution in [3.8, 4) is 5.75 Å². The summed E-state index contributed by atoms with van der Waals surface area (Å²) >= 11 is 0. The fourth-order valence-electron chi connectivity index (χ4n) is 2.51. The summed E-state index contributed by atoms with van der Waals surface area (Å²) in [5.41, 5.74) is 2.05. The average molecular weight is 270 g/mol. The topological polar surface area (TPSA) is 56.5 Å². The van der Waals surface area contributed by atoms with Crippen LogP contribution in [0.2, 0.25) is 0 Å². The van der Waals surface area contributed by atoms with Gasteiger partial charge in [-0.25, -0.2) is 4.79 Å². The fraction of sp³-hybridized carbons (Fsp3) is 0.250. The van der Waals surface area contributed by atoms with Crippen LogP contribution in [0.3, 0.4) is 0 Å². The maximum Gasteiger partial charge on any atom is 0.343 e. The van der Waals surface area contributed by atoms with Gasteiger partial charge in [0, 0.05) is 12.0 Å². The molecule has 1 aromatic carbocycles. The quantitative estimate of drug-likeness (QED) is 0.748. The Morgan fingerprint density at radius 3 is 2.50 bits per heavy atom. The van der Waals surface area contributed by atoms with Gasteiger partial charge < -0.3 is 9.15 Å². The summed E-state index contributed by atoms with van der Waals surface area (Å²) in [4.78, 5) is 23.8. The molecule has 0 bridgehead atoms. The Labute approximate surface area is 116 Å². The van der Waals surface area contributed by atoms with Crippen molar-refractivity contribution >= 4 is 5.97 Å². The zero-order valence-electron chi connectivity index (χ0n) is 11.3. The first kappa shape index (κ1) is 12.7. The minimum absolute atomic E-state index is 0.157. The van der Waals surface area contributed by atoms with E-state index in [0.29, 0.717) is 17.1 Å². The minimum atomic E-state index is -0.432. The molecule has 0 spiro atoms. The standard InChI is InChI=1S/C16H14O4/c1-9-3-5-11(6-4-9)12-8-14(17)20-13-7-10(2)19-16(18)15(12)13/h3-7,12H,8H2,1-2H3. The van der Waals surface area contributed by atoms with Crippen LogP contribution in [0.4, 0.5) is 0 Å². The van der Waals surface area contributed by atoms with Gasteiger partial charge >= 0.3 is 11.6 Å². The van der Waals surface area contributed by atoms with Gasteiger partial charge in [-0.05, 0) is 19.4 Å². The maximum atomic E-state index is 12.1. The lowest BCUT2D eigenvalue weighted by molar-refractivity contribution is -0.135. The summed E-state index contributed by atoms with van der Waals surface area (Å²) in [6.45, 7) is 3.65. The number of carbonyl (C=O) groups excluding carboxylic acids is 1. The number of carbonyl (C=O) groups is 1. The van der Waals surface area contributed by atoms with Crippen LogP contribution in [0.5, 0.6) is 5.75 Å². The molecule has 4 nitrogen and oxygen atoms in total. The first-order valence-corrected chi connectivity index (χ1v) is 6.46. The van der Waals surface area contributed by atoms with Crippen LogP contribution in [0, 0.1) is 13.8 Å². The molecule has 0 saturated heterocycles. The molecule has 0 aliphatic carbocycles. The molecule has 1 aromatic heterocycles. The summed E-state index contributed by atoms with van der Waals surface area (Å²) in [6.07, 6.45) is 0.157. The van der Waals surface area contributed by atoms with Crippen molar-refractivity contribution in [1.29, 1.82) is 0 Å². The number of esters is 1. The Hall–Kier alpha value is -2.36.